The summed E-state index contributed by atoms with van der Waals surface area (Å²) < 4.78 is 3.72. The average Bonchev–Trinajstić information content (AvgIpc) is 2.92. The van der Waals surface area contributed by atoms with Gasteiger partial charge < -0.3 is 10.2 Å². The van der Waals surface area contributed by atoms with Gasteiger partial charge in [-0.2, -0.15) is 0 Å². The molecule has 0 bridgehead atoms. The van der Waals surface area contributed by atoms with Gasteiger partial charge in [0.25, 0.3) is 5.91 Å². The molecule has 0 aromatic carbocycles. The maximum atomic E-state index is 12.0. The topological polar surface area (TPSA) is 58.1 Å². The van der Waals surface area contributed by atoms with Gasteiger partial charge in [0, 0.05) is 26.2 Å². The average molecular weight is 224 g/mol. The minimum absolute atomic E-state index is 0.0967. The molecular formula is C9H12N4OS. The van der Waals surface area contributed by atoms with Gasteiger partial charge in [0.15, 0.2) is 0 Å². The SMILES string of the molecule is O=C(c1cnns1)N1C[C@H]2CNC[C@H]2C1. The van der Waals surface area contributed by atoms with Gasteiger partial charge in [-0.3, -0.25) is 4.79 Å². The molecule has 0 saturated carbocycles. The van der Waals surface area contributed by atoms with Crippen LogP contribution in [0.4, 0.5) is 0 Å². The van der Waals surface area contributed by atoms with Crippen LogP contribution in [0.15, 0.2) is 6.20 Å². The van der Waals surface area contributed by atoms with Gasteiger partial charge in [0.2, 0.25) is 0 Å². The summed E-state index contributed by atoms with van der Waals surface area (Å²) in [7, 11) is 0. The van der Waals surface area contributed by atoms with Crippen molar-refractivity contribution in [3.05, 3.63) is 11.1 Å². The first-order valence-electron chi connectivity index (χ1n) is 5.12. The smallest absolute Gasteiger partial charge is 0.267 e. The molecule has 3 rings (SSSR count). The monoisotopic (exact) mass is 224 g/mol. The van der Waals surface area contributed by atoms with Crippen LogP contribution >= 0.6 is 11.5 Å². The number of amides is 1. The van der Waals surface area contributed by atoms with E-state index in [-0.39, 0.29) is 5.91 Å². The van der Waals surface area contributed by atoms with Gasteiger partial charge in [0.1, 0.15) is 4.88 Å². The Balaban J connectivity index is 1.72. The lowest BCUT2D eigenvalue weighted by Gasteiger charge is -2.15. The normalized spacial score (nSPS) is 29.5. The summed E-state index contributed by atoms with van der Waals surface area (Å²) in [5.74, 6) is 1.39. The molecule has 2 saturated heterocycles. The van der Waals surface area contributed by atoms with Crippen molar-refractivity contribution in [2.75, 3.05) is 26.2 Å². The van der Waals surface area contributed by atoms with E-state index in [1.54, 1.807) is 6.20 Å². The van der Waals surface area contributed by atoms with E-state index in [9.17, 15) is 4.79 Å². The first kappa shape index (κ1) is 9.23. The van der Waals surface area contributed by atoms with Crippen LogP contribution < -0.4 is 5.32 Å². The highest BCUT2D eigenvalue weighted by molar-refractivity contribution is 7.07. The summed E-state index contributed by atoms with van der Waals surface area (Å²) in [6, 6.07) is 0. The van der Waals surface area contributed by atoms with Crippen molar-refractivity contribution in [3.63, 3.8) is 0 Å². The standard InChI is InChI=1S/C9H12N4OS/c14-9(8-3-11-12-15-8)13-4-6-1-10-2-7(6)5-13/h3,6-7,10H,1-2,4-5H2/t6-,7+. The van der Waals surface area contributed by atoms with Gasteiger partial charge in [-0.05, 0) is 23.4 Å². The fourth-order valence-corrected chi connectivity index (χ4v) is 2.92. The quantitative estimate of drug-likeness (QED) is 0.719. The third-order valence-corrected chi connectivity index (χ3v) is 3.90. The van der Waals surface area contributed by atoms with Crippen LogP contribution in [0.1, 0.15) is 9.67 Å². The van der Waals surface area contributed by atoms with Crippen molar-refractivity contribution in [1.82, 2.24) is 19.8 Å². The third-order valence-electron chi connectivity index (χ3n) is 3.25. The molecule has 0 spiro atoms. The molecule has 2 aliphatic heterocycles. The fourth-order valence-electron chi connectivity index (χ4n) is 2.44. The molecule has 0 radical (unpaired) electrons. The second-order valence-electron chi connectivity index (χ2n) is 4.17. The third kappa shape index (κ3) is 1.53. The number of nitrogens with one attached hydrogen (secondary N) is 1. The van der Waals surface area contributed by atoms with E-state index in [0.29, 0.717) is 16.7 Å². The highest BCUT2D eigenvalue weighted by Crippen LogP contribution is 2.27. The van der Waals surface area contributed by atoms with Gasteiger partial charge >= 0.3 is 0 Å². The number of aromatic nitrogens is 2. The molecule has 0 aliphatic carbocycles. The molecule has 2 atom stereocenters. The maximum absolute atomic E-state index is 12.0. The molecule has 1 amide bonds. The van der Waals surface area contributed by atoms with E-state index < -0.39 is 0 Å². The summed E-state index contributed by atoms with van der Waals surface area (Å²) in [6.07, 6.45) is 1.55. The van der Waals surface area contributed by atoms with Gasteiger partial charge in [-0.25, -0.2) is 0 Å². The van der Waals surface area contributed by atoms with Crippen LogP contribution in [0.5, 0.6) is 0 Å². The van der Waals surface area contributed by atoms with Gasteiger partial charge in [-0.1, -0.05) is 4.49 Å². The first-order chi connectivity index (χ1) is 7.34. The summed E-state index contributed by atoms with van der Waals surface area (Å²) in [6.45, 7) is 3.87. The zero-order valence-electron chi connectivity index (χ0n) is 8.22. The van der Waals surface area contributed by atoms with Crippen LogP contribution in [-0.2, 0) is 0 Å². The number of rotatable bonds is 1. The minimum atomic E-state index is 0.0967. The van der Waals surface area contributed by atoms with E-state index >= 15 is 0 Å². The Morgan fingerprint density at radius 2 is 2.20 bits per heavy atom. The molecule has 15 heavy (non-hydrogen) atoms. The largest absolute Gasteiger partial charge is 0.337 e. The van der Waals surface area contributed by atoms with Crippen molar-refractivity contribution in [2.45, 2.75) is 0 Å². The number of likely N-dealkylation sites (tertiary alicyclic amines) is 1. The van der Waals surface area contributed by atoms with Crippen molar-refractivity contribution in [2.24, 2.45) is 11.8 Å². The zero-order chi connectivity index (χ0) is 10.3. The molecule has 2 fully saturated rings. The Bertz CT molecular complexity index is 354. The van der Waals surface area contributed by atoms with Crippen molar-refractivity contribution in [1.29, 1.82) is 0 Å². The molecule has 0 unspecified atom stereocenters. The van der Waals surface area contributed by atoms with E-state index in [1.165, 1.54) is 11.5 Å². The lowest BCUT2D eigenvalue weighted by atomic mass is 10.0. The van der Waals surface area contributed by atoms with Gasteiger partial charge in [0.05, 0.1) is 6.20 Å². The molecule has 5 nitrogen and oxygen atoms in total. The van der Waals surface area contributed by atoms with Crippen LogP contribution in [0.3, 0.4) is 0 Å². The molecule has 80 valence electrons. The number of fused-ring (bicyclic) bond motifs is 1. The number of nitrogens with zero attached hydrogens (tertiary/aromatic N) is 3. The Hall–Kier alpha value is -1.01. The minimum Gasteiger partial charge on any atom is -0.337 e. The summed E-state index contributed by atoms with van der Waals surface area (Å²) in [4.78, 5) is 14.6. The molecule has 1 aromatic heterocycles. The maximum Gasteiger partial charge on any atom is 0.267 e. The number of hydrogen-bond acceptors (Lipinski definition) is 5. The summed E-state index contributed by atoms with van der Waals surface area (Å²) >= 11 is 1.18. The lowest BCUT2D eigenvalue weighted by molar-refractivity contribution is 0.0786. The van der Waals surface area contributed by atoms with Crippen LogP contribution in [0.2, 0.25) is 0 Å². The number of hydrogen-bond donors (Lipinski definition) is 1. The molecular weight excluding hydrogens is 212 g/mol. The Morgan fingerprint density at radius 3 is 2.80 bits per heavy atom. The molecule has 1 aromatic rings. The molecule has 3 heterocycles. The molecule has 6 heteroatoms. The van der Waals surface area contributed by atoms with Crippen molar-refractivity contribution in [3.8, 4) is 0 Å². The van der Waals surface area contributed by atoms with E-state index in [2.05, 4.69) is 14.9 Å². The predicted octanol–water partition coefficient (Wildman–Crippen LogP) is -0.171. The van der Waals surface area contributed by atoms with Crippen LogP contribution in [-0.4, -0.2) is 46.6 Å². The van der Waals surface area contributed by atoms with Crippen molar-refractivity contribution < 1.29 is 4.79 Å². The Morgan fingerprint density at radius 1 is 1.47 bits per heavy atom. The van der Waals surface area contributed by atoms with E-state index in [0.717, 1.165) is 26.2 Å². The second kappa shape index (κ2) is 3.53. The molecule has 1 N–H and O–H groups in total. The highest BCUT2D eigenvalue weighted by atomic mass is 32.1. The first-order valence-corrected chi connectivity index (χ1v) is 5.89. The Kier molecular flexibility index (Phi) is 2.17. The number of carbonyl (C=O) groups is 1. The van der Waals surface area contributed by atoms with Gasteiger partial charge in [-0.15, -0.1) is 5.10 Å². The summed E-state index contributed by atoms with van der Waals surface area (Å²) in [5.41, 5.74) is 0. The van der Waals surface area contributed by atoms with Crippen molar-refractivity contribution >= 4 is 17.4 Å². The fraction of sp³-hybridized carbons (Fsp3) is 0.667. The zero-order valence-corrected chi connectivity index (χ0v) is 9.04. The molecule has 2 aliphatic rings. The predicted molar refractivity (Wildman–Crippen MR) is 55.7 cm³/mol. The number of carbonyl (C=O) groups excluding carboxylic acids is 1. The summed E-state index contributed by atoms with van der Waals surface area (Å²) in [5, 5.41) is 7.05. The lowest BCUT2D eigenvalue weighted by Crippen LogP contribution is -2.31. The van der Waals surface area contributed by atoms with E-state index in [4.69, 9.17) is 0 Å². The van der Waals surface area contributed by atoms with E-state index in [1.807, 2.05) is 4.90 Å². The second-order valence-corrected chi connectivity index (χ2v) is 4.96. The highest BCUT2D eigenvalue weighted by Gasteiger charge is 2.38. The van der Waals surface area contributed by atoms with Crippen LogP contribution in [0, 0.1) is 11.8 Å². The Labute approximate surface area is 91.6 Å². The van der Waals surface area contributed by atoms with Crippen LogP contribution in [0.25, 0.3) is 0 Å².